The Hall–Kier alpha value is -1.96. The minimum atomic E-state index is -0.837. The molecule has 1 aromatic rings. The summed E-state index contributed by atoms with van der Waals surface area (Å²) in [5.41, 5.74) is 2.11. The molecular formula is C19H25N3O4S. The number of hydrogen-bond donors (Lipinski definition) is 2. The van der Waals surface area contributed by atoms with Gasteiger partial charge in [-0.3, -0.25) is 10.1 Å². The molecule has 27 heavy (non-hydrogen) atoms. The van der Waals surface area contributed by atoms with Gasteiger partial charge in [0, 0.05) is 6.07 Å². The molecule has 2 fully saturated rings. The maximum Gasteiger partial charge on any atom is 0.337 e. The highest BCUT2D eigenvalue weighted by molar-refractivity contribution is 7.99. The van der Waals surface area contributed by atoms with Gasteiger partial charge >= 0.3 is 5.63 Å². The van der Waals surface area contributed by atoms with E-state index in [1.807, 2.05) is 11.8 Å². The fraction of sp³-hybridized carbons (Fsp3) is 0.632. The fourth-order valence-electron chi connectivity index (χ4n) is 3.48. The summed E-state index contributed by atoms with van der Waals surface area (Å²) in [5, 5.41) is 9.83. The van der Waals surface area contributed by atoms with Crippen LogP contribution in [0.15, 0.2) is 20.4 Å². The van der Waals surface area contributed by atoms with Crippen LogP contribution >= 0.6 is 11.8 Å². The SMILES string of the molecule is CC1(CCCc2cc(=O)oc3c2C(=O)NC(ON=C2CCSCC2)N3)CC1. The first-order chi connectivity index (χ1) is 13.0. The van der Waals surface area contributed by atoms with Gasteiger partial charge in [0.1, 0.15) is 5.56 Å². The molecule has 1 aromatic heterocycles. The number of nitrogens with zero attached hydrogens (tertiary/aromatic N) is 1. The molecule has 1 aliphatic carbocycles. The molecule has 146 valence electrons. The van der Waals surface area contributed by atoms with Crippen LogP contribution in [0.25, 0.3) is 0 Å². The van der Waals surface area contributed by atoms with Gasteiger partial charge in [0.25, 0.3) is 12.3 Å². The monoisotopic (exact) mass is 391 g/mol. The van der Waals surface area contributed by atoms with Crippen molar-refractivity contribution in [2.45, 2.75) is 58.2 Å². The minimum absolute atomic E-state index is 0.170. The Bertz CT molecular complexity index is 808. The van der Waals surface area contributed by atoms with Crippen LogP contribution in [0.1, 0.15) is 61.4 Å². The number of aryl methyl sites for hydroxylation is 1. The Morgan fingerprint density at radius 2 is 2.07 bits per heavy atom. The van der Waals surface area contributed by atoms with E-state index in [1.165, 1.54) is 18.9 Å². The van der Waals surface area contributed by atoms with Gasteiger partial charge in [-0.05, 0) is 67.4 Å². The van der Waals surface area contributed by atoms with E-state index in [-0.39, 0.29) is 11.8 Å². The second-order valence-electron chi connectivity index (χ2n) is 7.83. The van der Waals surface area contributed by atoms with Crippen molar-refractivity contribution in [1.82, 2.24) is 5.32 Å². The predicted octanol–water partition coefficient (Wildman–Crippen LogP) is 3.10. The van der Waals surface area contributed by atoms with Crippen molar-refractivity contribution >= 4 is 29.3 Å². The molecule has 1 saturated heterocycles. The number of anilines is 1. The second-order valence-corrected chi connectivity index (χ2v) is 9.06. The molecule has 0 bridgehead atoms. The molecule has 1 saturated carbocycles. The van der Waals surface area contributed by atoms with Crippen LogP contribution in [0.2, 0.25) is 0 Å². The van der Waals surface area contributed by atoms with Gasteiger partial charge < -0.3 is 14.6 Å². The Kier molecular flexibility index (Phi) is 5.16. The van der Waals surface area contributed by atoms with Crippen molar-refractivity contribution in [3.05, 3.63) is 27.6 Å². The smallest absolute Gasteiger partial charge is 0.337 e. The third kappa shape index (κ3) is 4.48. The number of amides is 1. The molecule has 8 heteroatoms. The normalized spacial score (nSPS) is 23.1. The maximum absolute atomic E-state index is 12.6. The highest BCUT2D eigenvalue weighted by Crippen LogP contribution is 2.49. The molecule has 2 N–H and O–H groups in total. The van der Waals surface area contributed by atoms with E-state index in [0.29, 0.717) is 17.4 Å². The van der Waals surface area contributed by atoms with Gasteiger partial charge in [-0.25, -0.2) is 4.79 Å². The summed E-state index contributed by atoms with van der Waals surface area (Å²) < 4.78 is 5.23. The maximum atomic E-state index is 12.6. The van der Waals surface area contributed by atoms with Gasteiger partial charge in [-0.2, -0.15) is 11.8 Å². The van der Waals surface area contributed by atoms with Crippen LogP contribution in [0.5, 0.6) is 0 Å². The number of hydrogen-bond acceptors (Lipinski definition) is 7. The number of thioether (sulfide) groups is 1. The first kappa shape index (κ1) is 18.4. The standard InChI is InChI=1S/C19H25N3O4S/c1-19(7-8-19)6-2-3-12-11-14(23)25-17-15(12)16(24)20-18(21-17)26-22-13-4-9-27-10-5-13/h11,18,21H,2-10H2,1H3,(H,20,24). The summed E-state index contributed by atoms with van der Waals surface area (Å²) in [6, 6.07) is 1.43. The zero-order valence-corrected chi connectivity index (χ0v) is 16.3. The van der Waals surface area contributed by atoms with Gasteiger partial charge in [0.2, 0.25) is 5.88 Å². The summed E-state index contributed by atoms with van der Waals surface area (Å²) in [6.07, 6.45) is 6.22. The van der Waals surface area contributed by atoms with Crippen LogP contribution in [-0.2, 0) is 11.3 Å². The van der Waals surface area contributed by atoms with Crippen LogP contribution in [0, 0.1) is 5.41 Å². The average molecular weight is 391 g/mol. The van der Waals surface area contributed by atoms with E-state index in [1.54, 1.807) is 0 Å². The molecule has 0 spiro atoms. The number of nitrogens with one attached hydrogen (secondary N) is 2. The lowest BCUT2D eigenvalue weighted by atomic mass is 9.97. The highest BCUT2D eigenvalue weighted by atomic mass is 32.2. The van der Waals surface area contributed by atoms with Gasteiger partial charge in [-0.15, -0.1) is 0 Å². The zero-order valence-electron chi connectivity index (χ0n) is 15.5. The summed E-state index contributed by atoms with van der Waals surface area (Å²) in [7, 11) is 0. The van der Waals surface area contributed by atoms with Crippen molar-refractivity contribution in [2.75, 3.05) is 16.8 Å². The molecule has 3 heterocycles. The van der Waals surface area contributed by atoms with E-state index >= 15 is 0 Å². The van der Waals surface area contributed by atoms with Gasteiger partial charge in [0.05, 0.1) is 5.71 Å². The van der Waals surface area contributed by atoms with E-state index in [4.69, 9.17) is 9.25 Å². The summed E-state index contributed by atoms with van der Waals surface area (Å²) >= 11 is 1.89. The van der Waals surface area contributed by atoms with Gasteiger partial charge in [0.15, 0.2) is 0 Å². The second kappa shape index (κ2) is 7.58. The molecule has 0 radical (unpaired) electrons. The van der Waals surface area contributed by atoms with Crippen LogP contribution in [-0.4, -0.2) is 29.5 Å². The molecule has 2 aliphatic heterocycles. The van der Waals surface area contributed by atoms with Crippen molar-refractivity contribution in [1.29, 1.82) is 0 Å². The lowest BCUT2D eigenvalue weighted by molar-refractivity contribution is 0.0416. The number of oxime groups is 1. The number of rotatable bonds is 6. The van der Waals surface area contributed by atoms with E-state index in [9.17, 15) is 9.59 Å². The Morgan fingerprint density at radius 1 is 1.30 bits per heavy atom. The Morgan fingerprint density at radius 3 is 2.81 bits per heavy atom. The van der Waals surface area contributed by atoms with E-state index in [2.05, 4.69) is 22.7 Å². The first-order valence-electron chi connectivity index (χ1n) is 9.56. The van der Waals surface area contributed by atoms with E-state index in [0.717, 1.165) is 48.5 Å². The molecule has 0 aromatic carbocycles. The minimum Gasteiger partial charge on any atom is -0.406 e. The van der Waals surface area contributed by atoms with Gasteiger partial charge in [-0.1, -0.05) is 12.1 Å². The molecule has 1 atom stereocenters. The van der Waals surface area contributed by atoms with Crippen LogP contribution in [0.4, 0.5) is 5.88 Å². The summed E-state index contributed by atoms with van der Waals surface area (Å²) in [5.74, 6) is 1.94. The molecule has 7 nitrogen and oxygen atoms in total. The average Bonchev–Trinajstić information content (AvgIpc) is 3.37. The zero-order chi connectivity index (χ0) is 18.9. The number of carbonyl (C=O) groups excluding carboxylic acids is 1. The summed E-state index contributed by atoms with van der Waals surface area (Å²) in [6.45, 7) is 2.28. The fourth-order valence-corrected chi connectivity index (χ4v) is 4.45. The topological polar surface area (TPSA) is 92.9 Å². The lowest BCUT2D eigenvalue weighted by Crippen LogP contribution is -2.47. The lowest BCUT2D eigenvalue weighted by Gasteiger charge is -2.26. The van der Waals surface area contributed by atoms with Crippen molar-refractivity contribution in [3.63, 3.8) is 0 Å². The largest absolute Gasteiger partial charge is 0.406 e. The Balaban J connectivity index is 1.45. The van der Waals surface area contributed by atoms with Crippen molar-refractivity contribution in [2.24, 2.45) is 10.6 Å². The summed E-state index contributed by atoms with van der Waals surface area (Å²) in [4.78, 5) is 30.0. The van der Waals surface area contributed by atoms with Crippen LogP contribution in [0.3, 0.4) is 0 Å². The Labute approximate surface area is 162 Å². The molecule has 1 amide bonds. The molecule has 4 rings (SSSR count). The van der Waals surface area contributed by atoms with Crippen molar-refractivity contribution < 1.29 is 14.0 Å². The predicted molar refractivity (Wildman–Crippen MR) is 105 cm³/mol. The van der Waals surface area contributed by atoms with E-state index < -0.39 is 12.0 Å². The highest BCUT2D eigenvalue weighted by Gasteiger charge is 2.36. The first-order valence-corrected chi connectivity index (χ1v) is 10.7. The third-order valence-corrected chi connectivity index (χ3v) is 6.47. The quantitative estimate of drug-likeness (QED) is 0.724. The van der Waals surface area contributed by atoms with Crippen LogP contribution < -0.4 is 16.3 Å². The molecule has 3 aliphatic rings. The molecule has 1 unspecified atom stereocenters. The molecular weight excluding hydrogens is 366 g/mol. The third-order valence-electron chi connectivity index (χ3n) is 5.48. The number of fused-ring (bicyclic) bond motifs is 1. The van der Waals surface area contributed by atoms with Crippen molar-refractivity contribution in [3.8, 4) is 0 Å². The number of carbonyl (C=O) groups is 1.